The second kappa shape index (κ2) is 5.52. The first kappa shape index (κ1) is 15.0. The summed E-state index contributed by atoms with van der Waals surface area (Å²) >= 11 is 3.33. The van der Waals surface area contributed by atoms with E-state index in [1.165, 1.54) is 6.07 Å². The quantitative estimate of drug-likeness (QED) is 0.857. The maximum Gasteiger partial charge on any atom is 0.240 e. The molecular formula is C13H18BrNO3S. The molecule has 0 saturated heterocycles. The van der Waals surface area contributed by atoms with Crippen molar-refractivity contribution >= 4 is 26.0 Å². The molecule has 2 atom stereocenters. The summed E-state index contributed by atoms with van der Waals surface area (Å²) < 4.78 is 27.9. The lowest BCUT2D eigenvalue weighted by Gasteiger charge is -2.12. The van der Waals surface area contributed by atoms with Gasteiger partial charge in [0, 0.05) is 11.0 Å². The Morgan fingerprint density at radius 3 is 2.63 bits per heavy atom. The van der Waals surface area contributed by atoms with Crippen LogP contribution in [0.1, 0.15) is 24.5 Å². The molecular weight excluding hydrogens is 330 g/mol. The third kappa shape index (κ3) is 3.37. The van der Waals surface area contributed by atoms with Gasteiger partial charge in [-0.15, -0.1) is 0 Å². The fourth-order valence-electron chi connectivity index (χ4n) is 2.06. The monoisotopic (exact) mass is 347 g/mol. The number of aliphatic hydroxyl groups is 1. The Hall–Kier alpha value is -0.430. The van der Waals surface area contributed by atoms with Gasteiger partial charge in [-0.3, -0.25) is 0 Å². The second-order valence-corrected chi connectivity index (χ2v) is 7.77. The second-order valence-electron chi connectivity index (χ2n) is 5.18. The standard InChI is InChI=1S/C13H18BrNO3S/c1-8-3-11(8)6-15-19(17,18)13-5-10(7-16)4-12(14)9(13)2/h4-5,8,11,15-16H,3,6-7H2,1-2H3. The first-order valence-electron chi connectivity index (χ1n) is 6.24. The number of benzene rings is 1. The van der Waals surface area contributed by atoms with Crippen molar-refractivity contribution in [2.24, 2.45) is 11.8 Å². The van der Waals surface area contributed by atoms with Crippen molar-refractivity contribution in [2.45, 2.75) is 31.8 Å². The zero-order chi connectivity index (χ0) is 14.2. The molecule has 0 radical (unpaired) electrons. The largest absolute Gasteiger partial charge is 0.392 e. The number of hydrogen-bond donors (Lipinski definition) is 2. The molecule has 0 aliphatic heterocycles. The zero-order valence-electron chi connectivity index (χ0n) is 11.0. The fourth-order valence-corrected chi connectivity index (χ4v) is 4.10. The average Bonchev–Trinajstić information content (AvgIpc) is 3.06. The minimum absolute atomic E-state index is 0.180. The summed E-state index contributed by atoms with van der Waals surface area (Å²) in [5, 5.41) is 9.17. The van der Waals surface area contributed by atoms with Crippen LogP contribution >= 0.6 is 15.9 Å². The maximum absolute atomic E-state index is 12.3. The Labute approximate surface area is 122 Å². The molecule has 1 aliphatic rings. The Bertz CT molecular complexity index is 586. The van der Waals surface area contributed by atoms with Crippen LogP contribution < -0.4 is 4.72 Å². The van der Waals surface area contributed by atoms with E-state index in [1.807, 2.05) is 0 Å². The molecule has 6 heteroatoms. The van der Waals surface area contributed by atoms with E-state index in [-0.39, 0.29) is 11.5 Å². The average molecular weight is 348 g/mol. The number of rotatable bonds is 5. The number of sulfonamides is 1. The molecule has 1 saturated carbocycles. The van der Waals surface area contributed by atoms with E-state index in [0.717, 1.165) is 6.42 Å². The molecule has 2 unspecified atom stereocenters. The molecule has 1 aliphatic carbocycles. The van der Waals surface area contributed by atoms with Gasteiger partial charge in [0.1, 0.15) is 0 Å². The van der Waals surface area contributed by atoms with E-state index in [0.29, 0.717) is 34.0 Å². The lowest BCUT2D eigenvalue weighted by molar-refractivity contribution is 0.281. The van der Waals surface area contributed by atoms with Gasteiger partial charge < -0.3 is 5.11 Å². The first-order valence-corrected chi connectivity index (χ1v) is 8.52. The van der Waals surface area contributed by atoms with Crippen molar-refractivity contribution in [2.75, 3.05) is 6.54 Å². The molecule has 2 N–H and O–H groups in total. The van der Waals surface area contributed by atoms with Crippen molar-refractivity contribution in [1.82, 2.24) is 4.72 Å². The Morgan fingerprint density at radius 1 is 1.47 bits per heavy atom. The summed E-state index contributed by atoms with van der Waals surface area (Å²) in [6.45, 7) is 4.18. The van der Waals surface area contributed by atoms with E-state index in [2.05, 4.69) is 27.6 Å². The van der Waals surface area contributed by atoms with Crippen molar-refractivity contribution in [3.05, 3.63) is 27.7 Å². The highest BCUT2D eigenvalue weighted by Crippen LogP contribution is 2.37. The number of hydrogen-bond acceptors (Lipinski definition) is 3. The highest BCUT2D eigenvalue weighted by molar-refractivity contribution is 9.10. The maximum atomic E-state index is 12.3. The van der Waals surface area contributed by atoms with Gasteiger partial charge in [0.25, 0.3) is 0 Å². The smallest absolute Gasteiger partial charge is 0.240 e. The summed E-state index contributed by atoms with van der Waals surface area (Å²) in [6.07, 6.45) is 1.09. The number of aliphatic hydroxyl groups excluding tert-OH is 1. The fraction of sp³-hybridized carbons (Fsp3) is 0.538. The number of halogens is 1. The molecule has 0 spiro atoms. The summed E-state index contributed by atoms with van der Waals surface area (Å²) in [6, 6.07) is 3.26. The Morgan fingerprint density at radius 2 is 2.11 bits per heavy atom. The van der Waals surface area contributed by atoms with E-state index in [1.54, 1.807) is 13.0 Å². The van der Waals surface area contributed by atoms with Gasteiger partial charge in [-0.2, -0.15) is 0 Å². The van der Waals surface area contributed by atoms with Crippen LogP contribution in [0, 0.1) is 18.8 Å². The van der Waals surface area contributed by atoms with Gasteiger partial charge in [-0.1, -0.05) is 22.9 Å². The molecule has 0 aromatic heterocycles. The van der Waals surface area contributed by atoms with Crippen LogP contribution in [0.15, 0.2) is 21.5 Å². The summed E-state index contributed by atoms with van der Waals surface area (Å²) in [5.74, 6) is 1.07. The van der Waals surface area contributed by atoms with E-state index in [9.17, 15) is 8.42 Å². The molecule has 19 heavy (non-hydrogen) atoms. The molecule has 0 bridgehead atoms. The highest BCUT2D eigenvalue weighted by atomic mass is 79.9. The topological polar surface area (TPSA) is 66.4 Å². The lowest BCUT2D eigenvalue weighted by atomic mass is 10.2. The van der Waals surface area contributed by atoms with Gasteiger partial charge >= 0.3 is 0 Å². The van der Waals surface area contributed by atoms with Crippen molar-refractivity contribution < 1.29 is 13.5 Å². The van der Waals surface area contributed by atoms with Gasteiger partial charge in [0.15, 0.2) is 0 Å². The molecule has 1 aromatic rings. The van der Waals surface area contributed by atoms with Crippen molar-refractivity contribution in [3.63, 3.8) is 0 Å². The summed E-state index contributed by atoms with van der Waals surface area (Å²) in [7, 11) is -3.52. The zero-order valence-corrected chi connectivity index (χ0v) is 13.4. The molecule has 0 heterocycles. The molecule has 4 nitrogen and oxygen atoms in total. The minimum Gasteiger partial charge on any atom is -0.392 e. The predicted molar refractivity (Wildman–Crippen MR) is 77.3 cm³/mol. The first-order chi connectivity index (χ1) is 8.85. The van der Waals surface area contributed by atoms with Crippen molar-refractivity contribution in [1.29, 1.82) is 0 Å². The SMILES string of the molecule is Cc1c(Br)cc(CO)cc1S(=O)(=O)NCC1CC1C. The molecule has 1 aromatic carbocycles. The lowest BCUT2D eigenvalue weighted by Crippen LogP contribution is -2.27. The van der Waals surface area contributed by atoms with Crippen LogP contribution in [-0.2, 0) is 16.6 Å². The minimum atomic E-state index is -3.52. The third-order valence-corrected chi connectivity index (χ3v) is 6.01. The van der Waals surface area contributed by atoms with Crippen LogP contribution in [0.25, 0.3) is 0 Å². The Balaban J connectivity index is 2.25. The van der Waals surface area contributed by atoms with Gasteiger partial charge in [0.2, 0.25) is 10.0 Å². The number of nitrogens with one attached hydrogen (secondary N) is 1. The highest BCUT2D eigenvalue weighted by Gasteiger charge is 2.33. The van der Waals surface area contributed by atoms with Gasteiger partial charge in [-0.25, -0.2) is 13.1 Å². The van der Waals surface area contributed by atoms with Gasteiger partial charge in [-0.05, 0) is 48.4 Å². The third-order valence-electron chi connectivity index (χ3n) is 3.64. The predicted octanol–water partition coefficient (Wildman–Crippen LogP) is 2.18. The Kier molecular flexibility index (Phi) is 4.35. The summed E-state index contributed by atoms with van der Waals surface area (Å²) in [5.41, 5.74) is 1.24. The van der Waals surface area contributed by atoms with Crippen LogP contribution in [0.3, 0.4) is 0 Å². The molecule has 2 rings (SSSR count). The van der Waals surface area contributed by atoms with Crippen LogP contribution in [0.4, 0.5) is 0 Å². The van der Waals surface area contributed by atoms with Crippen LogP contribution in [0.2, 0.25) is 0 Å². The van der Waals surface area contributed by atoms with Crippen molar-refractivity contribution in [3.8, 4) is 0 Å². The van der Waals surface area contributed by atoms with Crippen LogP contribution in [-0.4, -0.2) is 20.1 Å². The van der Waals surface area contributed by atoms with E-state index in [4.69, 9.17) is 5.11 Å². The normalized spacial score (nSPS) is 22.5. The molecule has 1 fully saturated rings. The molecule has 0 amide bonds. The van der Waals surface area contributed by atoms with E-state index >= 15 is 0 Å². The van der Waals surface area contributed by atoms with E-state index < -0.39 is 10.0 Å². The van der Waals surface area contributed by atoms with Crippen LogP contribution in [0.5, 0.6) is 0 Å². The summed E-state index contributed by atoms with van der Waals surface area (Å²) in [4.78, 5) is 0.235. The molecule has 106 valence electrons. The van der Waals surface area contributed by atoms with Gasteiger partial charge in [0.05, 0.1) is 11.5 Å².